The zero-order valence-corrected chi connectivity index (χ0v) is 23.5. The van der Waals surface area contributed by atoms with Crippen LogP contribution < -0.4 is 0 Å². The molecule has 5 nitrogen and oxygen atoms in total. The van der Waals surface area contributed by atoms with Gasteiger partial charge in [-0.3, -0.25) is 19.3 Å². The van der Waals surface area contributed by atoms with Gasteiger partial charge in [0.15, 0.2) is 0 Å². The van der Waals surface area contributed by atoms with E-state index in [2.05, 4.69) is 36.9 Å². The van der Waals surface area contributed by atoms with Crippen LogP contribution in [-0.2, 0) is 0 Å². The summed E-state index contributed by atoms with van der Waals surface area (Å²) in [6, 6.07) is 35.3. The lowest BCUT2D eigenvalue weighted by Crippen LogP contribution is -2.30. The van der Waals surface area contributed by atoms with E-state index >= 15 is 0 Å². The first kappa shape index (κ1) is 27.2. The van der Waals surface area contributed by atoms with Crippen LogP contribution in [-0.4, -0.2) is 40.6 Å². The van der Waals surface area contributed by atoms with Crippen LogP contribution in [0.5, 0.6) is 0 Å². The topological polar surface area (TPSA) is 57.7 Å². The summed E-state index contributed by atoms with van der Waals surface area (Å²) in [7, 11) is 0. The van der Waals surface area contributed by atoms with E-state index in [1.165, 1.54) is 16.0 Å². The Morgan fingerprint density at radius 1 is 0.643 bits per heavy atom. The predicted molar refractivity (Wildman–Crippen MR) is 166 cm³/mol. The summed E-state index contributed by atoms with van der Waals surface area (Å²) in [5.41, 5.74) is 8.75. The molecule has 5 heteroatoms. The maximum absolute atomic E-state index is 12.5. The van der Waals surface area contributed by atoms with Crippen molar-refractivity contribution in [2.75, 3.05) is 13.1 Å². The van der Waals surface area contributed by atoms with E-state index in [4.69, 9.17) is 0 Å². The van der Waals surface area contributed by atoms with E-state index < -0.39 is 0 Å². The number of carbonyl (C=O) groups is 3. The quantitative estimate of drug-likeness (QED) is 0.232. The molecule has 4 aromatic carbocycles. The third-order valence-electron chi connectivity index (χ3n) is 8.06. The van der Waals surface area contributed by atoms with Crippen LogP contribution in [0.2, 0.25) is 0 Å². The predicted octanol–water partition coefficient (Wildman–Crippen LogP) is 7.58. The van der Waals surface area contributed by atoms with Crippen LogP contribution in [0.1, 0.15) is 73.4 Å². The molecule has 208 valence electrons. The summed E-state index contributed by atoms with van der Waals surface area (Å²) in [4.78, 5) is 40.3. The molecule has 3 amide bonds. The second-order valence-corrected chi connectivity index (χ2v) is 10.7. The van der Waals surface area contributed by atoms with Gasteiger partial charge in [0.1, 0.15) is 0 Å². The lowest BCUT2D eigenvalue weighted by Gasteiger charge is -2.27. The summed E-state index contributed by atoms with van der Waals surface area (Å²) in [5, 5.41) is 0. The van der Waals surface area contributed by atoms with Gasteiger partial charge in [-0.2, -0.15) is 0 Å². The minimum Gasteiger partial charge on any atom is -0.307 e. The van der Waals surface area contributed by atoms with Crippen molar-refractivity contribution in [2.24, 2.45) is 0 Å². The molecule has 0 aliphatic carbocycles. The second kappa shape index (κ2) is 11.8. The molecule has 0 unspecified atom stereocenters. The summed E-state index contributed by atoms with van der Waals surface area (Å²) < 4.78 is 0. The lowest BCUT2D eigenvalue weighted by molar-refractivity contribution is 0.0652. The summed E-state index contributed by atoms with van der Waals surface area (Å²) in [6.45, 7) is 5.34. The molecule has 42 heavy (non-hydrogen) atoms. The largest absolute Gasteiger partial charge is 0.307 e. The first-order chi connectivity index (χ1) is 20.5. The van der Waals surface area contributed by atoms with E-state index in [1.54, 1.807) is 24.3 Å². The number of hydrogen-bond donors (Lipinski definition) is 0. The highest BCUT2D eigenvalue weighted by atomic mass is 16.2. The highest BCUT2D eigenvalue weighted by Crippen LogP contribution is 2.42. The van der Waals surface area contributed by atoms with Crippen molar-refractivity contribution < 1.29 is 14.4 Å². The van der Waals surface area contributed by atoms with Gasteiger partial charge >= 0.3 is 0 Å². The Balaban J connectivity index is 0.000000151. The fourth-order valence-electron chi connectivity index (χ4n) is 5.97. The Bertz CT molecular complexity index is 1670. The second-order valence-electron chi connectivity index (χ2n) is 10.7. The molecule has 3 heterocycles. The number of rotatable bonds is 6. The van der Waals surface area contributed by atoms with Gasteiger partial charge in [0.05, 0.1) is 16.8 Å². The average Bonchev–Trinajstić information content (AvgIpc) is 3.48. The van der Waals surface area contributed by atoms with Gasteiger partial charge in [-0.05, 0) is 66.2 Å². The molecule has 0 atom stereocenters. The van der Waals surface area contributed by atoms with Gasteiger partial charge in [-0.25, -0.2) is 0 Å². The minimum absolute atomic E-state index is 0.156. The molecule has 0 bridgehead atoms. The molecule has 0 aromatic heterocycles. The SMILES string of the molecule is C=C(CCCN1C(=O)c2ccccc2C1=O)c1ccccc1.O=C1c2ccccc2C2=C(c3ccccc3)CCCN12. The molecule has 3 aliphatic rings. The molecule has 0 N–H and O–H groups in total. The number of imide groups is 1. The molecule has 0 spiro atoms. The maximum Gasteiger partial charge on any atom is 0.261 e. The smallest absolute Gasteiger partial charge is 0.261 e. The van der Waals surface area contributed by atoms with Gasteiger partial charge in [0, 0.05) is 24.2 Å². The Kier molecular flexibility index (Phi) is 7.65. The summed E-state index contributed by atoms with van der Waals surface area (Å²) >= 11 is 0. The normalized spacial score (nSPS) is 15.2. The monoisotopic (exact) mass is 552 g/mol. The highest BCUT2D eigenvalue weighted by molar-refractivity contribution is 6.21. The Labute approximate surface area is 246 Å². The summed E-state index contributed by atoms with van der Waals surface area (Å²) in [5.74, 6) is -0.222. The molecule has 0 radical (unpaired) electrons. The van der Waals surface area contributed by atoms with Crippen LogP contribution in [0.25, 0.3) is 16.8 Å². The van der Waals surface area contributed by atoms with E-state index in [-0.39, 0.29) is 17.7 Å². The molecule has 3 aliphatic heterocycles. The first-order valence-electron chi connectivity index (χ1n) is 14.4. The van der Waals surface area contributed by atoms with Gasteiger partial charge < -0.3 is 4.90 Å². The van der Waals surface area contributed by atoms with Crippen LogP contribution in [0.15, 0.2) is 116 Å². The zero-order chi connectivity index (χ0) is 29.1. The number of allylic oxidation sites excluding steroid dienone is 2. The van der Waals surface area contributed by atoms with E-state index in [1.807, 2.05) is 59.5 Å². The van der Waals surface area contributed by atoms with Crippen LogP contribution >= 0.6 is 0 Å². The van der Waals surface area contributed by atoms with Crippen molar-refractivity contribution >= 4 is 34.6 Å². The number of benzene rings is 4. The third kappa shape index (κ3) is 5.10. The number of hydrogen-bond acceptors (Lipinski definition) is 3. The van der Waals surface area contributed by atoms with Gasteiger partial charge in [-0.15, -0.1) is 0 Å². The molecule has 0 saturated carbocycles. The van der Waals surface area contributed by atoms with Gasteiger partial charge in [0.25, 0.3) is 17.7 Å². The number of fused-ring (bicyclic) bond motifs is 4. The van der Waals surface area contributed by atoms with Crippen LogP contribution in [0.3, 0.4) is 0 Å². The first-order valence-corrected chi connectivity index (χ1v) is 14.4. The summed E-state index contributed by atoms with van der Waals surface area (Å²) in [6.07, 6.45) is 3.56. The standard InChI is InChI=1S/C19H17NO2.C18H15NO/c1-14(15-9-3-2-4-10-15)8-7-13-20-18(21)16-11-5-6-12-17(16)19(20)22;20-18-16-10-5-4-9-15(16)17-14(11-6-12-19(17)18)13-7-2-1-3-8-13/h2-6,9-12H,1,7-8,13H2;1-5,7-10H,6,11-12H2. The van der Waals surface area contributed by atoms with Gasteiger partial charge in [0.2, 0.25) is 0 Å². The average molecular weight is 553 g/mol. The number of amides is 3. The van der Waals surface area contributed by atoms with Crippen molar-refractivity contribution in [1.82, 2.24) is 9.80 Å². The number of nitrogens with zero attached hydrogens (tertiary/aromatic N) is 2. The Morgan fingerprint density at radius 3 is 1.79 bits per heavy atom. The third-order valence-corrected chi connectivity index (χ3v) is 8.06. The maximum atomic E-state index is 12.5. The Hall–Kier alpha value is -5.03. The fourth-order valence-corrected chi connectivity index (χ4v) is 5.97. The molecule has 4 aromatic rings. The van der Waals surface area contributed by atoms with E-state index in [9.17, 15) is 14.4 Å². The van der Waals surface area contributed by atoms with Crippen LogP contribution in [0, 0.1) is 0 Å². The fraction of sp³-hybridized carbons (Fsp3) is 0.162. The van der Waals surface area contributed by atoms with Crippen LogP contribution in [0.4, 0.5) is 0 Å². The molecule has 7 rings (SSSR count). The molecule has 0 fully saturated rings. The van der Waals surface area contributed by atoms with E-state index in [0.29, 0.717) is 17.7 Å². The Morgan fingerprint density at radius 2 is 1.17 bits per heavy atom. The van der Waals surface area contributed by atoms with Crippen molar-refractivity contribution in [3.63, 3.8) is 0 Å². The molecular weight excluding hydrogens is 520 g/mol. The number of carbonyl (C=O) groups excluding carboxylic acids is 3. The van der Waals surface area contributed by atoms with E-state index in [0.717, 1.165) is 60.2 Å². The molecular formula is C37H32N2O3. The lowest BCUT2D eigenvalue weighted by atomic mass is 9.93. The minimum atomic E-state index is -0.189. The molecule has 0 saturated heterocycles. The van der Waals surface area contributed by atoms with Crippen molar-refractivity contribution in [3.05, 3.63) is 149 Å². The van der Waals surface area contributed by atoms with Crippen molar-refractivity contribution in [3.8, 4) is 0 Å². The zero-order valence-electron chi connectivity index (χ0n) is 23.5. The van der Waals surface area contributed by atoms with Gasteiger partial charge in [-0.1, -0.05) is 97.6 Å². The van der Waals surface area contributed by atoms with Crippen molar-refractivity contribution in [1.29, 1.82) is 0 Å². The van der Waals surface area contributed by atoms with Crippen molar-refractivity contribution in [2.45, 2.75) is 25.7 Å². The highest BCUT2D eigenvalue weighted by Gasteiger charge is 2.36.